The van der Waals surface area contributed by atoms with E-state index in [9.17, 15) is 14.7 Å². The molecule has 3 nitrogen and oxygen atoms in total. The molecule has 0 aliphatic heterocycles. The van der Waals surface area contributed by atoms with Crippen molar-refractivity contribution in [2.24, 2.45) is 0 Å². The van der Waals surface area contributed by atoms with Crippen molar-refractivity contribution < 1.29 is 14.7 Å². The van der Waals surface area contributed by atoms with Crippen LogP contribution in [0.5, 0.6) is 0 Å². The first-order valence-electron chi connectivity index (χ1n) is 3.43. The molecule has 11 heavy (non-hydrogen) atoms. The van der Waals surface area contributed by atoms with Gasteiger partial charge in [-0.15, -0.1) is 0 Å². The van der Waals surface area contributed by atoms with Crippen molar-refractivity contribution in [3.8, 4) is 0 Å². The van der Waals surface area contributed by atoms with Gasteiger partial charge in [-0.25, -0.2) is 0 Å². The summed E-state index contributed by atoms with van der Waals surface area (Å²) >= 11 is 0. The third-order valence-electron chi connectivity index (χ3n) is 1.98. The van der Waals surface area contributed by atoms with Gasteiger partial charge in [0.1, 0.15) is 0 Å². The van der Waals surface area contributed by atoms with Gasteiger partial charge in [0.2, 0.25) is 0 Å². The standard InChI is InChI=1S/C6H17O3P.Na.H/c1-5(2)10(7,8,9)6(3)4;;/h5-9H,1-4H3;;. The van der Waals surface area contributed by atoms with Crippen LogP contribution in [-0.4, -0.2) is 55.6 Å². The summed E-state index contributed by atoms with van der Waals surface area (Å²) in [5, 5.41) is 0. The van der Waals surface area contributed by atoms with Crippen LogP contribution in [-0.2, 0) is 0 Å². The van der Waals surface area contributed by atoms with E-state index in [1.807, 2.05) is 0 Å². The van der Waals surface area contributed by atoms with Crippen molar-refractivity contribution in [1.29, 1.82) is 0 Å². The second kappa shape index (κ2) is 4.01. The molecular weight excluding hydrogens is 174 g/mol. The van der Waals surface area contributed by atoms with Gasteiger partial charge in [0.15, 0.2) is 0 Å². The summed E-state index contributed by atoms with van der Waals surface area (Å²) in [6.45, 7) is 6.44. The Bertz CT molecular complexity index is 116. The monoisotopic (exact) mass is 192 g/mol. The number of hydrogen-bond acceptors (Lipinski definition) is 3. The van der Waals surface area contributed by atoms with E-state index in [1.54, 1.807) is 27.7 Å². The predicted octanol–water partition coefficient (Wildman–Crippen LogP) is 0.430. The minimum absolute atomic E-state index is 0. The van der Waals surface area contributed by atoms with Crippen LogP contribution in [0.25, 0.3) is 0 Å². The van der Waals surface area contributed by atoms with Gasteiger partial charge in [0, 0.05) is 0 Å². The topological polar surface area (TPSA) is 60.7 Å². The molecule has 0 aromatic carbocycles. The van der Waals surface area contributed by atoms with Crippen LogP contribution in [0.4, 0.5) is 0 Å². The summed E-state index contributed by atoms with van der Waals surface area (Å²) in [7, 11) is -4.32. The van der Waals surface area contributed by atoms with Gasteiger partial charge in [-0.05, 0) is 0 Å². The van der Waals surface area contributed by atoms with Gasteiger partial charge < -0.3 is 0 Å². The van der Waals surface area contributed by atoms with E-state index in [2.05, 4.69) is 0 Å². The zero-order chi connectivity index (χ0) is 8.60. The summed E-state index contributed by atoms with van der Waals surface area (Å²) in [5.41, 5.74) is -0.933. The maximum absolute atomic E-state index is 9.38. The molecule has 0 fully saturated rings. The number of rotatable bonds is 2. The normalized spacial score (nSPS) is 15.9. The van der Waals surface area contributed by atoms with Gasteiger partial charge in [0.25, 0.3) is 0 Å². The Balaban J connectivity index is 0. The van der Waals surface area contributed by atoms with Crippen molar-refractivity contribution in [2.45, 2.75) is 39.0 Å². The summed E-state index contributed by atoms with van der Waals surface area (Å²) in [5.74, 6) is 0. The molecule has 66 valence electrons. The van der Waals surface area contributed by atoms with Gasteiger partial charge in [-0.1, -0.05) is 0 Å². The molecule has 0 radical (unpaired) electrons. The zero-order valence-corrected chi connectivity index (χ0v) is 7.84. The van der Waals surface area contributed by atoms with E-state index in [4.69, 9.17) is 0 Å². The second-order valence-corrected chi connectivity index (χ2v) is 7.58. The molecule has 0 amide bonds. The average molecular weight is 192 g/mol. The van der Waals surface area contributed by atoms with Crippen molar-refractivity contribution in [2.75, 3.05) is 0 Å². The van der Waals surface area contributed by atoms with Crippen LogP contribution in [0.1, 0.15) is 27.7 Å². The molecule has 0 atom stereocenters. The quantitative estimate of drug-likeness (QED) is 0.439. The molecule has 0 aromatic rings. The molecule has 0 saturated heterocycles. The van der Waals surface area contributed by atoms with Crippen molar-refractivity contribution in [1.82, 2.24) is 0 Å². The van der Waals surface area contributed by atoms with E-state index >= 15 is 0 Å². The fourth-order valence-electron chi connectivity index (χ4n) is 0.596. The Kier molecular flexibility index (Phi) is 5.40. The van der Waals surface area contributed by atoms with Crippen LogP contribution in [0.15, 0.2) is 0 Å². The number of hydrogen-bond donors (Lipinski definition) is 3. The van der Waals surface area contributed by atoms with Gasteiger partial charge in [-0.2, -0.15) is 0 Å². The third-order valence-corrected chi connectivity index (χ3v) is 5.95. The molecule has 0 saturated carbocycles. The van der Waals surface area contributed by atoms with Crippen LogP contribution in [0, 0.1) is 0 Å². The molecule has 0 heterocycles. The molecule has 5 heteroatoms. The van der Waals surface area contributed by atoms with Crippen molar-refractivity contribution >= 4 is 36.8 Å². The average Bonchev–Trinajstić information content (AvgIpc) is 1.63. The fourth-order valence-corrected chi connectivity index (χ4v) is 1.79. The molecule has 0 aliphatic carbocycles. The first kappa shape index (κ1) is 14.8. The van der Waals surface area contributed by atoms with Gasteiger partial charge >= 0.3 is 90.5 Å². The Morgan fingerprint density at radius 1 is 0.818 bits per heavy atom. The van der Waals surface area contributed by atoms with E-state index < -0.39 is 18.6 Å². The van der Waals surface area contributed by atoms with Crippen LogP contribution >= 0.6 is 7.28 Å². The fraction of sp³-hybridized carbons (Fsp3) is 1.00. The zero-order valence-electron chi connectivity index (χ0n) is 6.94. The van der Waals surface area contributed by atoms with Gasteiger partial charge in [-0.3, -0.25) is 0 Å². The Morgan fingerprint density at radius 3 is 1.00 bits per heavy atom. The van der Waals surface area contributed by atoms with E-state index in [-0.39, 0.29) is 29.6 Å². The molecule has 0 rings (SSSR count). The molecule has 0 aromatic heterocycles. The minimum atomic E-state index is -4.32. The second-order valence-electron chi connectivity index (χ2n) is 3.30. The molecule has 0 unspecified atom stereocenters. The van der Waals surface area contributed by atoms with E-state index in [0.717, 1.165) is 0 Å². The third kappa shape index (κ3) is 3.27. The van der Waals surface area contributed by atoms with Gasteiger partial charge in [0.05, 0.1) is 0 Å². The van der Waals surface area contributed by atoms with Crippen LogP contribution < -0.4 is 0 Å². The van der Waals surface area contributed by atoms with Crippen molar-refractivity contribution in [3.05, 3.63) is 0 Å². The van der Waals surface area contributed by atoms with Crippen LogP contribution in [0.3, 0.4) is 0 Å². The van der Waals surface area contributed by atoms with Crippen molar-refractivity contribution in [3.63, 3.8) is 0 Å². The summed E-state index contributed by atoms with van der Waals surface area (Å²) in [6, 6.07) is 0. The molecule has 0 aliphatic rings. The molecular formula is C6H18NaO3P. The molecule has 0 spiro atoms. The first-order valence-corrected chi connectivity index (χ1v) is 5.66. The predicted molar refractivity (Wildman–Crippen MR) is 51.0 cm³/mol. The first-order chi connectivity index (χ1) is 4.17. The van der Waals surface area contributed by atoms with Crippen LogP contribution in [0.2, 0.25) is 0 Å². The Morgan fingerprint density at radius 2 is 1.00 bits per heavy atom. The SMILES string of the molecule is CC(C)P(O)(O)(O)C(C)C.[NaH]. The summed E-state index contributed by atoms with van der Waals surface area (Å²) in [4.78, 5) is 28.1. The summed E-state index contributed by atoms with van der Waals surface area (Å²) in [6.07, 6.45) is 0. The maximum atomic E-state index is 9.38. The van der Waals surface area contributed by atoms with E-state index in [0.29, 0.717) is 0 Å². The van der Waals surface area contributed by atoms with E-state index in [1.165, 1.54) is 0 Å². The molecule has 0 bridgehead atoms. The Labute approximate surface area is 90.3 Å². The Hall–Kier alpha value is 1.31. The summed E-state index contributed by atoms with van der Waals surface area (Å²) < 4.78 is 0. The molecule has 3 N–H and O–H groups in total.